The fraction of sp³-hybridized carbons (Fsp3) is 0.355. The van der Waals surface area contributed by atoms with Gasteiger partial charge < -0.3 is 15.5 Å². The highest BCUT2D eigenvalue weighted by atomic mass is 19.4. The van der Waals surface area contributed by atoms with Gasteiger partial charge in [-0.15, -0.1) is 10.2 Å². The second-order valence-electron chi connectivity index (χ2n) is 11.9. The molecule has 3 N–H and O–H groups in total. The van der Waals surface area contributed by atoms with Gasteiger partial charge in [0, 0.05) is 28.9 Å². The first kappa shape index (κ1) is 33.1. The Labute approximate surface area is 255 Å². The molecular weight excluding hydrogens is 599 g/mol. The van der Waals surface area contributed by atoms with Crippen LogP contribution in [0.5, 0.6) is 0 Å². The molecule has 4 aromatic rings. The molecule has 0 aliphatic carbocycles. The van der Waals surface area contributed by atoms with Gasteiger partial charge in [0.05, 0.1) is 11.7 Å². The van der Waals surface area contributed by atoms with E-state index in [9.17, 15) is 37.0 Å². The van der Waals surface area contributed by atoms with Gasteiger partial charge in [0.1, 0.15) is 29.5 Å². The normalized spacial score (nSPS) is 12.9. The molecule has 0 radical (unpaired) electrons. The molecule has 3 heterocycles. The first-order valence-corrected chi connectivity index (χ1v) is 13.7. The number of benzene rings is 1. The summed E-state index contributed by atoms with van der Waals surface area (Å²) >= 11 is 0. The number of nitrogens with zero attached hydrogens (tertiary/aromatic N) is 5. The third-order valence-electron chi connectivity index (χ3n) is 6.50. The van der Waals surface area contributed by atoms with Crippen LogP contribution in [-0.2, 0) is 6.42 Å². The SMILES string of the molecule is CC(C)(O)C#Cc1ccc(-c2cccn3c(NCC(F)(F)F)nnc23)c([C@H](Cc2cc(F)cc(F)c2)N(C(=O)O)C(C)(C)C)n1. The van der Waals surface area contributed by atoms with E-state index in [0.29, 0.717) is 17.2 Å². The Morgan fingerprint density at radius 1 is 1.02 bits per heavy atom. The molecule has 9 nitrogen and oxygen atoms in total. The molecule has 14 heteroatoms. The highest BCUT2D eigenvalue weighted by molar-refractivity contribution is 5.80. The van der Waals surface area contributed by atoms with Crippen LogP contribution < -0.4 is 5.32 Å². The molecule has 4 rings (SSSR count). The maximum atomic E-state index is 14.3. The smallest absolute Gasteiger partial charge is 0.408 e. The fourth-order valence-corrected chi connectivity index (χ4v) is 4.82. The Hall–Kier alpha value is -4.77. The summed E-state index contributed by atoms with van der Waals surface area (Å²) in [5, 5.41) is 30.8. The van der Waals surface area contributed by atoms with Gasteiger partial charge >= 0.3 is 12.3 Å². The fourth-order valence-electron chi connectivity index (χ4n) is 4.82. The van der Waals surface area contributed by atoms with E-state index in [4.69, 9.17) is 4.98 Å². The van der Waals surface area contributed by atoms with Crippen LogP contribution in [0.3, 0.4) is 0 Å². The summed E-state index contributed by atoms with van der Waals surface area (Å²) in [6.45, 7) is 6.53. The number of anilines is 1. The van der Waals surface area contributed by atoms with Crippen LogP contribution in [-0.4, -0.2) is 64.6 Å². The second kappa shape index (κ2) is 12.3. The van der Waals surface area contributed by atoms with E-state index < -0.39 is 47.6 Å². The van der Waals surface area contributed by atoms with E-state index in [-0.39, 0.29) is 35.0 Å². The van der Waals surface area contributed by atoms with Crippen LogP contribution >= 0.6 is 0 Å². The van der Waals surface area contributed by atoms with Crippen molar-refractivity contribution in [2.24, 2.45) is 0 Å². The van der Waals surface area contributed by atoms with E-state index in [0.717, 1.165) is 17.0 Å². The predicted molar refractivity (Wildman–Crippen MR) is 156 cm³/mol. The zero-order chi connectivity index (χ0) is 33.3. The molecule has 238 valence electrons. The number of alkyl halides is 3. The van der Waals surface area contributed by atoms with Crippen molar-refractivity contribution in [3.63, 3.8) is 0 Å². The quantitative estimate of drug-likeness (QED) is 0.164. The zero-order valence-electron chi connectivity index (χ0n) is 25.0. The molecule has 1 aromatic carbocycles. The van der Waals surface area contributed by atoms with E-state index in [1.54, 1.807) is 39.0 Å². The summed E-state index contributed by atoms with van der Waals surface area (Å²) in [5.41, 5.74) is -1.21. The standard InChI is InChI=1S/C31H31F5N6O3/c1-29(2,3)42(28(43)44)24(15-18-13-19(32)16-20(33)14-18)25-22(9-8-21(38-25)10-11-30(4,5)45)23-7-6-12-41-26(23)39-40-27(41)37-17-31(34,35)36/h6-9,12-14,16,24,45H,15,17H2,1-5H3,(H,37,40)(H,43,44)/t24-/m0/s1. The molecule has 0 spiro atoms. The number of aliphatic hydroxyl groups is 1. The van der Waals surface area contributed by atoms with E-state index in [2.05, 4.69) is 27.4 Å². The Morgan fingerprint density at radius 3 is 2.27 bits per heavy atom. The van der Waals surface area contributed by atoms with E-state index >= 15 is 0 Å². The van der Waals surface area contributed by atoms with Crippen molar-refractivity contribution in [1.82, 2.24) is 24.5 Å². The van der Waals surface area contributed by atoms with Crippen LogP contribution in [0.1, 0.15) is 57.6 Å². The van der Waals surface area contributed by atoms with Crippen LogP contribution in [0.15, 0.2) is 48.7 Å². The lowest BCUT2D eigenvalue weighted by Crippen LogP contribution is -2.48. The molecule has 0 bridgehead atoms. The summed E-state index contributed by atoms with van der Waals surface area (Å²) in [7, 11) is 0. The molecule has 0 saturated heterocycles. The number of hydrogen-bond acceptors (Lipinski definition) is 6. The van der Waals surface area contributed by atoms with Crippen molar-refractivity contribution in [3.8, 4) is 23.0 Å². The number of hydrogen-bond donors (Lipinski definition) is 3. The van der Waals surface area contributed by atoms with Gasteiger partial charge in [-0.2, -0.15) is 13.2 Å². The third-order valence-corrected chi connectivity index (χ3v) is 6.50. The van der Waals surface area contributed by atoms with Crippen molar-refractivity contribution < 1.29 is 37.0 Å². The summed E-state index contributed by atoms with van der Waals surface area (Å²) in [5.74, 6) is 3.54. The number of amides is 1. The molecule has 45 heavy (non-hydrogen) atoms. The number of pyridine rings is 2. The second-order valence-corrected chi connectivity index (χ2v) is 11.9. The number of nitrogens with one attached hydrogen (secondary N) is 1. The van der Waals surface area contributed by atoms with Gasteiger partial charge in [0.15, 0.2) is 5.65 Å². The minimum atomic E-state index is -4.52. The number of halogens is 5. The highest BCUT2D eigenvalue weighted by Crippen LogP contribution is 2.38. The minimum Gasteiger partial charge on any atom is -0.465 e. The molecular formula is C31H31F5N6O3. The summed E-state index contributed by atoms with van der Waals surface area (Å²) in [4.78, 5) is 18.6. The topological polar surface area (TPSA) is 116 Å². The molecule has 0 aliphatic heterocycles. The average molecular weight is 631 g/mol. The molecule has 1 atom stereocenters. The largest absolute Gasteiger partial charge is 0.465 e. The molecule has 1 amide bonds. The zero-order valence-corrected chi connectivity index (χ0v) is 25.0. The number of aromatic nitrogens is 4. The van der Waals surface area contributed by atoms with Gasteiger partial charge in [-0.1, -0.05) is 5.92 Å². The first-order chi connectivity index (χ1) is 20.8. The van der Waals surface area contributed by atoms with Crippen molar-refractivity contribution in [1.29, 1.82) is 0 Å². The van der Waals surface area contributed by atoms with Gasteiger partial charge in [-0.3, -0.25) is 9.30 Å². The van der Waals surface area contributed by atoms with Crippen LogP contribution in [0.25, 0.3) is 16.8 Å². The molecule has 0 saturated carbocycles. The van der Waals surface area contributed by atoms with E-state index in [1.807, 2.05) is 0 Å². The lowest BCUT2D eigenvalue weighted by atomic mass is 9.91. The minimum absolute atomic E-state index is 0.125. The van der Waals surface area contributed by atoms with Gasteiger partial charge in [-0.05, 0) is 88.9 Å². The Morgan fingerprint density at radius 2 is 1.69 bits per heavy atom. The van der Waals surface area contributed by atoms with Crippen LogP contribution in [0.4, 0.5) is 32.7 Å². The number of carbonyl (C=O) groups is 1. The summed E-state index contributed by atoms with van der Waals surface area (Å²) in [6.07, 6.45) is -4.62. The molecule has 0 fully saturated rings. The number of carboxylic acid groups (broad SMARTS) is 1. The maximum absolute atomic E-state index is 14.3. The van der Waals surface area contributed by atoms with Crippen molar-refractivity contribution in [3.05, 3.63) is 77.2 Å². The summed E-state index contributed by atoms with van der Waals surface area (Å²) in [6, 6.07) is 8.00. The van der Waals surface area contributed by atoms with Crippen molar-refractivity contribution in [2.75, 3.05) is 11.9 Å². The monoisotopic (exact) mass is 630 g/mol. The van der Waals surface area contributed by atoms with Crippen LogP contribution in [0, 0.1) is 23.5 Å². The Kier molecular flexibility index (Phi) is 9.07. The Balaban J connectivity index is 2.00. The summed E-state index contributed by atoms with van der Waals surface area (Å²) < 4.78 is 68.6. The molecule has 0 unspecified atom stereocenters. The van der Waals surface area contributed by atoms with Crippen LogP contribution in [0.2, 0.25) is 0 Å². The number of rotatable bonds is 7. The van der Waals surface area contributed by atoms with Gasteiger partial charge in [0.2, 0.25) is 5.95 Å². The number of fused-ring (bicyclic) bond motifs is 1. The lowest BCUT2D eigenvalue weighted by Gasteiger charge is -2.40. The molecule has 0 aliphatic rings. The average Bonchev–Trinajstić information content (AvgIpc) is 3.31. The Bertz CT molecular complexity index is 1760. The van der Waals surface area contributed by atoms with Gasteiger partial charge in [0.25, 0.3) is 0 Å². The first-order valence-electron chi connectivity index (χ1n) is 13.7. The maximum Gasteiger partial charge on any atom is 0.408 e. The third kappa shape index (κ3) is 8.24. The predicted octanol–water partition coefficient (Wildman–Crippen LogP) is 6.23. The molecule has 3 aromatic heterocycles. The van der Waals surface area contributed by atoms with Crippen molar-refractivity contribution >= 4 is 17.7 Å². The lowest BCUT2D eigenvalue weighted by molar-refractivity contribution is -0.115. The van der Waals surface area contributed by atoms with Crippen molar-refractivity contribution in [2.45, 2.75) is 64.4 Å². The van der Waals surface area contributed by atoms with E-state index in [1.165, 1.54) is 30.5 Å². The highest BCUT2D eigenvalue weighted by Gasteiger charge is 2.37. The van der Waals surface area contributed by atoms with Gasteiger partial charge in [-0.25, -0.2) is 18.6 Å².